The summed E-state index contributed by atoms with van der Waals surface area (Å²) < 4.78 is 3.79. The van der Waals surface area contributed by atoms with Crippen molar-refractivity contribution in [3.8, 4) is 11.4 Å². The van der Waals surface area contributed by atoms with Gasteiger partial charge in [0, 0.05) is 24.5 Å². The number of nitro groups is 1. The van der Waals surface area contributed by atoms with Crippen molar-refractivity contribution >= 4 is 46.2 Å². The SMILES string of the molecule is Cc1cc(C)n(-c2ccc(CNc3nc(Cl)ncc3N)cc2)n1.Cc1cc(C)n(-c2ccc(CNc3nc(Cl)ncc3[N+](=O)[O-])cc2)n1. The summed E-state index contributed by atoms with van der Waals surface area (Å²) >= 11 is 11.5. The Labute approximate surface area is 286 Å². The number of rotatable bonds is 9. The molecule has 0 radical (unpaired) electrons. The Morgan fingerprint density at radius 3 is 1.60 bits per heavy atom. The first-order valence-corrected chi connectivity index (χ1v) is 15.4. The summed E-state index contributed by atoms with van der Waals surface area (Å²) in [6.07, 6.45) is 2.58. The maximum atomic E-state index is 11.0. The quantitative estimate of drug-likeness (QED) is 0.0849. The van der Waals surface area contributed by atoms with Crippen LogP contribution in [0.1, 0.15) is 33.9 Å². The van der Waals surface area contributed by atoms with Gasteiger partial charge in [0.05, 0.1) is 39.6 Å². The van der Waals surface area contributed by atoms with Crippen LogP contribution in [0.25, 0.3) is 11.4 Å². The first-order valence-electron chi connectivity index (χ1n) is 14.6. The lowest BCUT2D eigenvalue weighted by Crippen LogP contribution is -2.06. The van der Waals surface area contributed by atoms with E-state index in [0.717, 1.165) is 51.5 Å². The van der Waals surface area contributed by atoms with Gasteiger partial charge in [0.2, 0.25) is 16.4 Å². The highest BCUT2D eigenvalue weighted by Crippen LogP contribution is 2.23. The fourth-order valence-corrected chi connectivity index (χ4v) is 5.06. The van der Waals surface area contributed by atoms with Crippen molar-refractivity contribution in [1.29, 1.82) is 0 Å². The van der Waals surface area contributed by atoms with Crippen LogP contribution in [0, 0.1) is 37.8 Å². The molecule has 0 atom stereocenters. The molecule has 0 aliphatic heterocycles. The van der Waals surface area contributed by atoms with E-state index in [1.54, 1.807) is 0 Å². The van der Waals surface area contributed by atoms with Gasteiger partial charge in [-0.05, 0) is 98.4 Å². The van der Waals surface area contributed by atoms with Crippen LogP contribution in [0.2, 0.25) is 10.6 Å². The molecule has 6 rings (SSSR count). The van der Waals surface area contributed by atoms with E-state index in [9.17, 15) is 10.1 Å². The molecule has 4 heterocycles. The predicted molar refractivity (Wildman–Crippen MR) is 186 cm³/mol. The normalized spacial score (nSPS) is 10.7. The van der Waals surface area contributed by atoms with E-state index in [2.05, 4.69) is 46.8 Å². The second-order valence-corrected chi connectivity index (χ2v) is 11.5. The number of benzene rings is 2. The third kappa shape index (κ3) is 8.40. The molecule has 0 bridgehead atoms. The minimum atomic E-state index is -0.551. The van der Waals surface area contributed by atoms with Crippen LogP contribution in [0.3, 0.4) is 0 Å². The standard InChI is InChI=1S/C16H15ClN6O2.C16H17ClN6/c1-10-7-11(2)22(21-10)13-5-3-12(4-6-13)8-18-15-14(23(24)25)9-19-16(17)20-15;1-10-7-11(2)23(22-10)13-5-3-12(4-6-13)8-19-15-14(18)9-20-16(17)21-15/h3-7,9H,8H2,1-2H3,(H,18,19,20);3-7,9H,8,18H2,1-2H3,(H,19,20,21). The summed E-state index contributed by atoms with van der Waals surface area (Å²) in [7, 11) is 0. The zero-order valence-corrected chi connectivity index (χ0v) is 28.0. The van der Waals surface area contributed by atoms with E-state index >= 15 is 0 Å². The molecule has 0 aliphatic carbocycles. The van der Waals surface area contributed by atoms with E-state index in [0.29, 0.717) is 24.6 Å². The molecule has 48 heavy (non-hydrogen) atoms. The molecule has 4 aromatic heterocycles. The summed E-state index contributed by atoms with van der Waals surface area (Å²) in [5, 5.41) is 26.1. The first-order chi connectivity index (χ1) is 23.0. The van der Waals surface area contributed by atoms with Crippen LogP contribution in [-0.2, 0) is 13.1 Å². The van der Waals surface area contributed by atoms with Crippen LogP contribution in [0.15, 0.2) is 73.1 Å². The van der Waals surface area contributed by atoms with Crippen molar-refractivity contribution in [2.24, 2.45) is 0 Å². The van der Waals surface area contributed by atoms with Gasteiger partial charge in [0.1, 0.15) is 6.20 Å². The molecular weight excluding hydrogens is 655 g/mol. The molecule has 0 unspecified atom stereocenters. The third-order valence-electron chi connectivity index (χ3n) is 7.03. The van der Waals surface area contributed by atoms with E-state index < -0.39 is 4.92 Å². The number of anilines is 3. The van der Waals surface area contributed by atoms with E-state index in [1.807, 2.05) is 91.7 Å². The zero-order chi connectivity index (χ0) is 34.4. The summed E-state index contributed by atoms with van der Waals surface area (Å²) in [4.78, 5) is 25.9. The highest BCUT2D eigenvalue weighted by Gasteiger charge is 2.16. The second-order valence-electron chi connectivity index (χ2n) is 10.8. The summed E-state index contributed by atoms with van der Waals surface area (Å²) in [6.45, 7) is 8.92. The summed E-state index contributed by atoms with van der Waals surface area (Å²) in [5.74, 6) is 0.625. The van der Waals surface area contributed by atoms with Gasteiger partial charge in [0.25, 0.3) is 0 Å². The van der Waals surface area contributed by atoms with Gasteiger partial charge in [-0.25, -0.2) is 19.3 Å². The van der Waals surface area contributed by atoms with Gasteiger partial charge in [-0.1, -0.05) is 24.3 Å². The van der Waals surface area contributed by atoms with Crippen LogP contribution in [0.4, 0.5) is 23.0 Å². The number of hydrogen-bond acceptors (Lipinski definition) is 11. The molecule has 16 heteroatoms. The highest BCUT2D eigenvalue weighted by atomic mass is 35.5. The lowest BCUT2D eigenvalue weighted by Gasteiger charge is -2.09. The number of nitrogens with one attached hydrogen (secondary N) is 2. The van der Waals surface area contributed by atoms with Crippen molar-refractivity contribution in [2.75, 3.05) is 16.4 Å². The molecule has 14 nitrogen and oxygen atoms in total. The van der Waals surface area contributed by atoms with Crippen molar-refractivity contribution in [3.63, 3.8) is 0 Å². The van der Waals surface area contributed by atoms with Crippen molar-refractivity contribution in [2.45, 2.75) is 40.8 Å². The number of aryl methyl sites for hydroxylation is 4. The maximum Gasteiger partial charge on any atom is 0.329 e. The fourth-order valence-electron chi connectivity index (χ4n) is 4.79. The molecule has 246 valence electrons. The minimum Gasteiger partial charge on any atom is -0.394 e. The van der Waals surface area contributed by atoms with Crippen LogP contribution >= 0.6 is 23.2 Å². The van der Waals surface area contributed by atoms with Gasteiger partial charge in [0.15, 0.2) is 5.82 Å². The Morgan fingerprint density at radius 2 is 1.17 bits per heavy atom. The van der Waals surface area contributed by atoms with Crippen LogP contribution < -0.4 is 16.4 Å². The molecule has 4 N–H and O–H groups in total. The molecule has 0 aliphatic rings. The second kappa shape index (κ2) is 14.9. The number of nitrogen functional groups attached to an aromatic ring is 1. The van der Waals surface area contributed by atoms with E-state index in [-0.39, 0.29) is 22.1 Å². The number of aromatic nitrogens is 8. The largest absolute Gasteiger partial charge is 0.394 e. The molecule has 6 aromatic rings. The lowest BCUT2D eigenvalue weighted by molar-refractivity contribution is -0.384. The van der Waals surface area contributed by atoms with Crippen molar-refractivity contribution in [1.82, 2.24) is 39.5 Å². The molecule has 0 saturated heterocycles. The maximum absolute atomic E-state index is 11.0. The monoisotopic (exact) mass is 686 g/mol. The average Bonchev–Trinajstić information content (AvgIpc) is 3.59. The smallest absolute Gasteiger partial charge is 0.329 e. The molecule has 0 saturated carbocycles. The van der Waals surface area contributed by atoms with Crippen molar-refractivity contribution < 1.29 is 4.92 Å². The Hall–Kier alpha value is -5.60. The number of hydrogen-bond donors (Lipinski definition) is 3. The van der Waals surface area contributed by atoms with Gasteiger partial charge >= 0.3 is 5.69 Å². The molecular formula is C32H32Cl2N12O2. The highest BCUT2D eigenvalue weighted by molar-refractivity contribution is 6.28. The zero-order valence-electron chi connectivity index (χ0n) is 26.5. The van der Waals surface area contributed by atoms with E-state index in [4.69, 9.17) is 28.9 Å². The fraction of sp³-hybridized carbons (Fsp3) is 0.188. The Bertz CT molecular complexity index is 2040. The van der Waals surface area contributed by atoms with Gasteiger partial charge in [-0.15, -0.1) is 0 Å². The minimum absolute atomic E-state index is 0.0482. The Morgan fingerprint density at radius 1 is 0.729 bits per heavy atom. The Kier molecular flexibility index (Phi) is 10.5. The topological polar surface area (TPSA) is 180 Å². The van der Waals surface area contributed by atoms with E-state index in [1.165, 1.54) is 6.20 Å². The lowest BCUT2D eigenvalue weighted by atomic mass is 10.2. The molecule has 0 fully saturated rings. The predicted octanol–water partition coefficient (Wildman–Crippen LogP) is 6.58. The van der Waals surface area contributed by atoms with Crippen molar-refractivity contribution in [3.05, 3.63) is 128 Å². The van der Waals surface area contributed by atoms with Gasteiger partial charge in [-0.2, -0.15) is 20.2 Å². The number of halogens is 2. The number of nitrogens with two attached hydrogens (primary N) is 1. The van der Waals surface area contributed by atoms with Crippen LogP contribution in [-0.4, -0.2) is 44.4 Å². The third-order valence-corrected chi connectivity index (χ3v) is 7.39. The Balaban J connectivity index is 0.000000188. The first kappa shape index (κ1) is 33.8. The molecule has 2 aromatic carbocycles. The van der Waals surface area contributed by atoms with Gasteiger partial charge in [-0.3, -0.25) is 10.1 Å². The number of nitrogens with zero attached hydrogens (tertiary/aromatic N) is 9. The van der Waals surface area contributed by atoms with Crippen LogP contribution in [0.5, 0.6) is 0 Å². The molecule has 0 amide bonds. The van der Waals surface area contributed by atoms with Gasteiger partial charge < -0.3 is 16.4 Å². The average molecular weight is 688 g/mol. The summed E-state index contributed by atoms with van der Waals surface area (Å²) in [6, 6.07) is 19.9. The molecule has 0 spiro atoms. The summed E-state index contributed by atoms with van der Waals surface area (Å²) in [5.41, 5.74) is 14.2.